The summed E-state index contributed by atoms with van der Waals surface area (Å²) in [7, 11) is 0. The van der Waals surface area contributed by atoms with Crippen LogP contribution < -0.4 is 0 Å². The van der Waals surface area contributed by atoms with Gasteiger partial charge in [-0.25, -0.2) is 9.97 Å². The lowest BCUT2D eigenvalue weighted by molar-refractivity contribution is 0.786. The highest BCUT2D eigenvalue weighted by Gasteiger charge is 2.15. The smallest absolute Gasteiger partial charge is 0.145 e. The number of aromatic nitrogens is 4. The standard InChI is InChI=1S/C14H13ClN4/c1-9-10(2)19(7-11-4-3-5-16-6-11)14-12(9)13(15)17-8-18-14/h3-6,8H,7H2,1-2H3. The average molecular weight is 273 g/mol. The van der Waals surface area contributed by atoms with Crippen molar-refractivity contribution >= 4 is 22.6 Å². The molecule has 4 nitrogen and oxygen atoms in total. The van der Waals surface area contributed by atoms with Gasteiger partial charge in [-0.1, -0.05) is 17.7 Å². The lowest BCUT2D eigenvalue weighted by atomic mass is 10.2. The first kappa shape index (κ1) is 12.1. The quantitative estimate of drug-likeness (QED) is 0.673. The van der Waals surface area contributed by atoms with Crippen LogP contribution in [0, 0.1) is 13.8 Å². The predicted octanol–water partition coefficient (Wildman–Crippen LogP) is 3.14. The van der Waals surface area contributed by atoms with Gasteiger partial charge >= 0.3 is 0 Å². The summed E-state index contributed by atoms with van der Waals surface area (Å²) >= 11 is 6.17. The molecule has 3 rings (SSSR count). The third-order valence-corrected chi connectivity index (χ3v) is 3.71. The molecule has 0 aliphatic carbocycles. The van der Waals surface area contributed by atoms with Crippen LogP contribution in [0.25, 0.3) is 11.0 Å². The fourth-order valence-corrected chi connectivity index (χ4v) is 2.56. The molecule has 0 fully saturated rings. The van der Waals surface area contributed by atoms with E-state index >= 15 is 0 Å². The van der Waals surface area contributed by atoms with E-state index in [1.807, 2.05) is 19.2 Å². The van der Waals surface area contributed by atoms with E-state index in [1.165, 1.54) is 6.33 Å². The molecule has 3 aromatic heterocycles. The highest BCUT2D eigenvalue weighted by molar-refractivity contribution is 6.34. The van der Waals surface area contributed by atoms with Crippen molar-refractivity contribution in [2.45, 2.75) is 20.4 Å². The van der Waals surface area contributed by atoms with E-state index in [9.17, 15) is 0 Å². The van der Waals surface area contributed by atoms with Crippen LogP contribution in [0.1, 0.15) is 16.8 Å². The second-order valence-electron chi connectivity index (χ2n) is 4.52. The van der Waals surface area contributed by atoms with Gasteiger partial charge in [-0.2, -0.15) is 0 Å². The Morgan fingerprint density at radius 3 is 2.84 bits per heavy atom. The van der Waals surface area contributed by atoms with E-state index in [1.54, 1.807) is 6.20 Å². The first-order valence-corrected chi connectivity index (χ1v) is 6.41. The number of aryl methyl sites for hydroxylation is 1. The minimum atomic E-state index is 0.510. The van der Waals surface area contributed by atoms with Gasteiger partial charge in [-0.3, -0.25) is 4.98 Å². The molecule has 0 N–H and O–H groups in total. The van der Waals surface area contributed by atoms with Gasteiger partial charge < -0.3 is 4.57 Å². The first-order chi connectivity index (χ1) is 9.18. The van der Waals surface area contributed by atoms with Crippen LogP contribution >= 0.6 is 11.6 Å². The molecule has 0 aromatic carbocycles. The number of rotatable bonds is 2. The zero-order chi connectivity index (χ0) is 13.4. The van der Waals surface area contributed by atoms with Crippen molar-refractivity contribution in [3.05, 3.63) is 52.8 Å². The minimum Gasteiger partial charge on any atom is -0.325 e. The average Bonchev–Trinajstić information content (AvgIpc) is 2.66. The summed E-state index contributed by atoms with van der Waals surface area (Å²) in [5.41, 5.74) is 4.29. The van der Waals surface area contributed by atoms with Gasteiger partial charge in [0.1, 0.15) is 17.1 Å². The molecule has 3 aromatic rings. The normalized spacial score (nSPS) is 11.1. The molecule has 0 bridgehead atoms. The Kier molecular flexibility index (Phi) is 2.95. The maximum atomic E-state index is 6.17. The zero-order valence-corrected chi connectivity index (χ0v) is 11.5. The molecular weight excluding hydrogens is 260 g/mol. The highest BCUT2D eigenvalue weighted by Crippen LogP contribution is 2.28. The molecule has 0 saturated carbocycles. The van der Waals surface area contributed by atoms with E-state index in [-0.39, 0.29) is 0 Å². The Morgan fingerprint density at radius 2 is 2.11 bits per heavy atom. The number of nitrogens with zero attached hydrogens (tertiary/aromatic N) is 4. The van der Waals surface area contributed by atoms with E-state index in [0.717, 1.165) is 34.4 Å². The number of fused-ring (bicyclic) bond motifs is 1. The van der Waals surface area contributed by atoms with Crippen LogP contribution in [0.5, 0.6) is 0 Å². The molecule has 0 aliphatic rings. The topological polar surface area (TPSA) is 43.6 Å². The summed E-state index contributed by atoms with van der Waals surface area (Å²) in [6.07, 6.45) is 5.14. The van der Waals surface area contributed by atoms with Crippen molar-refractivity contribution in [2.24, 2.45) is 0 Å². The van der Waals surface area contributed by atoms with Crippen LogP contribution in [0.4, 0.5) is 0 Å². The summed E-state index contributed by atoms with van der Waals surface area (Å²) in [4.78, 5) is 12.6. The highest BCUT2D eigenvalue weighted by atomic mass is 35.5. The molecule has 0 unspecified atom stereocenters. The number of halogens is 1. The summed E-state index contributed by atoms with van der Waals surface area (Å²) in [5.74, 6) is 0. The summed E-state index contributed by atoms with van der Waals surface area (Å²) in [6.45, 7) is 4.85. The van der Waals surface area contributed by atoms with Crippen molar-refractivity contribution in [3.8, 4) is 0 Å². The van der Waals surface area contributed by atoms with Crippen molar-refractivity contribution in [1.82, 2.24) is 19.5 Å². The van der Waals surface area contributed by atoms with Crippen molar-refractivity contribution in [1.29, 1.82) is 0 Å². The fraction of sp³-hybridized carbons (Fsp3) is 0.214. The van der Waals surface area contributed by atoms with Crippen molar-refractivity contribution < 1.29 is 0 Å². The Balaban J connectivity index is 2.19. The van der Waals surface area contributed by atoms with Gasteiger partial charge in [0.25, 0.3) is 0 Å². The van der Waals surface area contributed by atoms with Gasteiger partial charge in [0.2, 0.25) is 0 Å². The third kappa shape index (κ3) is 1.98. The van der Waals surface area contributed by atoms with Gasteiger partial charge in [-0.05, 0) is 31.0 Å². The molecule has 0 radical (unpaired) electrons. The Hall–Kier alpha value is -1.94. The summed E-state index contributed by atoms with van der Waals surface area (Å²) in [5, 5.41) is 1.45. The maximum absolute atomic E-state index is 6.17. The summed E-state index contributed by atoms with van der Waals surface area (Å²) in [6, 6.07) is 3.99. The molecule has 0 amide bonds. The Bertz CT molecular complexity index is 734. The number of hydrogen-bond donors (Lipinski definition) is 0. The van der Waals surface area contributed by atoms with E-state index in [4.69, 9.17) is 11.6 Å². The Morgan fingerprint density at radius 1 is 1.26 bits per heavy atom. The molecule has 0 aliphatic heterocycles. The van der Waals surface area contributed by atoms with Crippen LogP contribution in [0.15, 0.2) is 30.9 Å². The number of hydrogen-bond acceptors (Lipinski definition) is 3. The molecule has 0 saturated heterocycles. The van der Waals surface area contributed by atoms with Gasteiger partial charge in [0, 0.05) is 18.1 Å². The third-order valence-electron chi connectivity index (χ3n) is 3.42. The lowest BCUT2D eigenvalue weighted by Gasteiger charge is -2.07. The van der Waals surface area contributed by atoms with Crippen LogP contribution in [0.2, 0.25) is 5.15 Å². The molecule has 5 heteroatoms. The monoisotopic (exact) mass is 272 g/mol. The second kappa shape index (κ2) is 4.63. The van der Waals surface area contributed by atoms with E-state index in [0.29, 0.717) is 5.15 Å². The second-order valence-corrected chi connectivity index (χ2v) is 4.88. The van der Waals surface area contributed by atoms with Crippen molar-refractivity contribution in [2.75, 3.05) is 0 Å². The Labute approximate surface area is 116 Å². The molecular formula is C14H13ClN4. The molecule has 0 spiro atoms. The SMILES string of the molecule is Cc1c(C)n(Cc2cccnc2)c2ncnc(Cl)c12. The van der Waals surface area contributed by atoms with Gasteiger partial charge in [0.15, 0.2) is 0 Å². The first-order valence-electron chi connectivity index (χ1n) is 6.03. The van der Waals surface area contributed by atoms with E-state index < -0.39 is 0 Å². The summed E-state index contributed by atoms with van der Waals surface area (Å²) < 4.78 is 2.15. The van der Waals surface area contributed by atoms with Crippen molar-refractivity contribution in [3.63, 3.8) is 0 Å². The largest absolute Gasteiger partial charge is 0.325 e. The minimum absolute atomic E-state index is 0.510. The van der Waals surface area contributed by atoms with Gasteiger partial charge in [0.05, 0.1) is 11.9 Å². The lowest BCUT2D eigenvalue weighted by Crippen LogP contribution is -2.03. The van der Waals surface area contributed by atoms with Crippen LogP contribution in [-0.2, 0) is 6.54 Å². The zero-order valence-electron chi connectivity index (χ0n) is 10.8. The van der Waals surface area contributed by atoms with E-state index in [2.05, 4.69) is 32.5 Å². The fourth-order valence-electron chi connectivity index (χ4n) is 2.29. The molecule has 96 valence electrons. The van der Waals surface area contributed by atoms with Crippen LogP contribution in [0.3, 0.4) is 0 Å². The van der Waals surface area contributed by atoms with Crippen LogP contribution in [-0.4, -0.2) is 19.5 Å². The predicted molar refractivity (Wildman–Crippen MR) is 75.4 cm³/mol. The molecule has 3 heterocycles. The molecule has 19 heavy (non-hydrogen) atoms. The number of pyridine rings is 1. The van der Waals surface area contributed by atoms with Gasteiger partial charge in [-0.15, -0.1) is 0 Å². The maximum Gasteiger partial charge on any atom is 0.145 e. The molecule has 0 atom stereocenters.